The van der Waals surface area contributed by atoms with E-state index in [0.717, 1.165) is 22.4 Å². The summed E-state index contributed by atoms with van der Waals surface area (Å²) in [6.45, 7) is 5.54. The van der Waals surface area contributed by atoms with Crippen molar-refractivity contribution < 1.29 is 14.3 Å². The molecule has 0 aliphatic rings. The molecule has 0 aliphatic heterocycles. The second kappa shape index (κ2) is 4.74. The third kappa shape index (κ3) is 1.87. The van der Waals surface area contributed by atoms with Crippen molar-refractivity contribution in [3.63, 3.8) is 0 Å². The summed E-state index contributed by atoms with van der Waals surface area (Å²) in [4.78, 5) is 11.6. The molecule has 0 N–H and O–H groups in total. The first-order valence-electron chi connectivity index (χ1n) is 4.87. The zero-order valence-electron chi connectivity index (χ0n) is 10.1. The number of hydrogen-bond acceptors (Lipinski definition) is 3. The molecule has 0 fully saturated rings. The molecule has 0 amide bonds. The highest BCUT2D eigenvalue weighted by atomic mass is 35.5. The lowest BCUT2D eigenvalue weighted by Crippen LogP contribution is -2.08. The predicted molar refractivity (Wildman–Crippen MR) is 63.6 cm³/mol. The van der Waals surface area contributed by atoms with Crippen LogP contribution in [0.2, 0.25) is 5.02 Å². The van der Waals surface area contributed by atoms with Crippen molar-refractivity contribution in [3.05, 3.63) is 27.3 Å². The molecule has 0 saturated heterocycles. The first kappa shape index (κ1) is 12.8. The van der Waals surface area contributed by atoms with Crippen molar-refractivity contribution in [1.82, 2.24) is 0 Å². The molecule has 0 heterocycles. The molecule has 3 nitrogen and oxygen atoms in total. The van der Waals surface area contributed by atoms with Crippen LogP contribution < -0.4 is 4.74 Å². The lowest BCUT2D eigenvalue weighted by molar-refractivity contribution is 0.0600. The molecule has 0 atom stereocenters. The molecule has 16 heavy (non-hydrogen) atoms. The maximum atomic E-state index is 11.6. The minimum Gasteiger partial charge on any atom is -0.496 e. The van der Waals surface area contributed by atoms with Gasteiger partial charge in [-0.3, -0.25) is 0 Å². The topological polar surface area (TPSA) is 35.5 Å². The summed E-state index contributed by atoms with van der Waals surface area (Å²) in [5, 5.41) is 0.395. The smallest absolute Gasteiger partial charge is 0.339 e. The SMILES string of the molecule is COC(=O)c1c(C)c(C)c(OC)c(C)c1Cl. The second-order valence-electron chi connectivity index (χ2n) is 3.59. The van der Waals surface area contributed by atoms with Crippen molar-refractivity contribution in [3.8, 4) is 5.75 Å². The van der Waals surface area contributed by atoms with Gasteiger partial charge in [-0.25, -0.2) is 4.79 Å². The average Bonchev–Trinajstić information content (AvgIpc) is 2.27. The second-order valence-corrected chi connectivity index (χ2v) is 3.97. The molecular weight excluding hydrogens is 228 g/mol. The summed E-state index contributed by atoms with van der Waals surface area (Å²) in [5.74, 6) is 0.298. The predicted octanol–water partition coefficient (Wildman–Crippen LogP) is 3.06. The van der Waals surface area contributed by atoms with Crippen molar-refractivity contribution in [2.24, 2.45) is 0 Å². The number of benzene rings is 1. The van der Waals surface area contributed by atoms with E-state index in [1.165, 1.54) is 7.11 Å². The van der Waals surface area contributed by atoms with Crippen LogP contribution in [0.1, 0.15) is 27.0 Å². The van der Waals surface area contributed by atoms with Crippen LogP contribution >= 0.6 is 11.6 Å². The van der Waals surface area contributed by atoms with Gasteiger partial charge in [-0.05, 0) is 31.9 Å². The van der Waals surface area contributed by atoms with Gasteiger partial charge in [-0.15, -0.1) is 0 Å². The number of methoxy groups -OCH3 is 2. The van der Waals surface area contributed by atoms with Crippen LogP contribution in [-0.4, -0.2) is 20.2 Å². The Morgan fingerprint density at radius 3 is 2.06 bits per heavy atom. The zero-order valence-corrected chi connectivity index (χ0v) is 10.9. The molecule has 0 aliphatic carbocycles. The molecule has 1 rings (SSSR count). The standard InChI is InChI=1S/C12H15ClO3/c1-6-7(2)11(15-4)8(3)10(13)9(6)12(14)16-5/h1-5H3. The molecule has 0 bridgehead atoms. The Morgan fingerprint density at radius 1 is 1.06 bits per heavy atom. The molecule has 0 unspecified atom stereocenters. The van der Waals surface area contributed by atoms with E-state index in [1.54, 1.807) is 7.11 Å². The molecule has 1 aromatic rings. The van der Waals surface area contributed by atoms with Crippen LogP contribution in [0.3, 0.4) is 0 Å². The average molecular weight is 243 g/mol. The van der Waals surface area contributed by atoms with Crippen molar-refractivity contribution in [1.29, 1.82) is 0 Å². The van der Waals surface area contributed by atoms with E-state index in [0.29, 0.717) is 10.6 Å². The first-order chi connectivity index (χ1) is 7.45. The van der Waals surface area contributed by atoms with Gasteiger partial charge in [0, 0.05) is 5.56 Å². The largest absolute Gasteiger partial charge is 0.496 e. The van der Waals surface area contributed by atoms with Crippen molar-refractivity contribution in [2.45, 2.75) is 20.8 Å². The summed E-state index contributed by atoms with van der Waals surface area (Å²) in [6.07, 6.45) is 0. The minimum absolute atomic E-state index is 0.395. The van der Waals surface area contributed by atoms with Crippen LogP contribution in [0.15, 0.2) is 0 Å². The normalized spacial score (nSPS) is 10.1. The Labute approximate surface area is 100 Å². The number of ether oxygens (including phenoxy) is 2. The Bertz CT molecular complexity index is 409. The fourth-order valence-corrected chi connectivity index (χ4v) is 2.05. The summed E-state index contributed by atoms with van der Waals surface area (Å²) >= 11 is 6.15. The summed E-state index contributed by atoms with van der Waals surface area (Å²) in [5.41, 5.74) is 2.87. The Hall–Kier alpha value is -1.22. The van der Waals surface area contributed by atoms with Crippen LogP contribution in [0, 0.1) is 20.8 Å². The van der Waals surface area contributed by atoms with E-state index in [4.69, 9.17) is 21.1 Å². The maximum Gasteiger partial charge on any atom is 0.339 e. The number of halogens is 1. The van der Waals surface area contributed by atoms with Gasteiger partial charge in [0.1, 0.15) is 5.75 Å². The highest BCUT2D eigenvalue weighted by Gasteiger charge is 2.21. The van der Waals surface area contributed by atoms with E-state index in [9.17, 15) is 4.79 Å². The Balaban J connectivity index is 3.60. The molecule has 1 aromatic carbocycles. The van der Waals surface area contributed by atoms with Crippen LogP contribution in [-0.2, 0) is 4.74 Å². The van der Waals surface area contributed by atoms with Gasteiger partial charge in [0.25, 0.3) is 0 Å². The zero-order chi connectivity index (χ0) is 12.5. The minimum atomic E-state index is -0.420. The van der Waals surface area contributed by atoms with Gasteiger partial charge in [-0.1, -0.05) is 11.6 Å². The lowest BCUT2D eigenvalue weighted by Gasteiger charge is -2.16. The van der Waals surface area contributed by atoms with Crippen molar-refractivity contribution >= 4 is 17.6 Å². The van der Waals surface area contributed by atoms with Gasteiger partial charge in [0.2, 0.25) is 0 Å². The summed E-state index contributed by atoms with van der Waals surface area (Å²) < 4.78 is 9.99. The quantitative estimate of drug-likeness (QED) is 0.748. The monoisotopic (exact) mass is 242 g/mol. The number of esters is 1. The number of carbonyl (C=O) groups excluding carboxylic acids is 1. The molecular formula is C12H15ClO3. The van der Waals surface area contributed by atoms with Gasteiger partial charge >= 0.3 is 5.97 Å². The van der Waals surface area contributed by atoms with E-state index in [-0.39, 0.29) is 0 Å². The van der Waals surface area contributed by atoms with Gasteiger partial charge in [0.15, 0.2) is 0 Å². The van der Waals surface area contributed by atoms with Gasteiger partial charge in [-0.2, -0.15) is 0 Å². The maximum absolute atomic E-state index is 11.6. The summed E-state index contributed by atoms with van der Waals surface area (Å²) in [6, 6.07) is 0. The number of carbonyl (C=O) groups is 1. The van der Waals surface area contributed by atoms with Crippen LogP contribution in [0.25, 0.3) is 0 Å². The molecule has 4 heteroatoms. The first-order valence-corrected chi connectivity index (χ1v) is 5.25. The molecule has 0 aromatic heterocycles. The van der Waals surface area contributed by atoms with Crippen LogP contribution in [0.5, 0.6) is 5.75 Å². The number of hydrogen-bond donors (Lipinski definition) is 0. The fraction of sp³-hybridized carbons (Fsp3) is 0.417. The van der Waals surface area contributed by atoms with Gasteiger partial charge in [0.05, 0.1) is 24.8 Å². The van der Waals surface area contributed by atoms with E-state index in [1.807, 2.05) is 20.8 Å². The van der Waals surface area contributed by atoms with E-state index >= 15 is 0 Å². The lowest BCUT2D eigenvalue weighted by atomic mass is 9.98. The molecule has 0 spiro atoms. The Morgan fingerprint density at radius 2 is 1.62 bits per heavy atom. The van der Waals surface area contributed by atoms with Gasteiger partial charge < -0.3 is 9.47 Å². The fourth-order valence-electron chi connectivity index (χ4n) is 1.74. The number of rotatable bonds is 2. The van der Waals surface area contributed by atoms with E-state index < -0.39 is 5.97 Å². The third-order valence-electron chi connectivity index (χ3n) is 2.76. The molecule has 0 saturated carbocycles. The highest BCUT2D eigenvalue weighted by Crippen LogP contribution is 2.36. The highest BCUT2D eigenvalue weighted by molar-refractivity contribution is 6.34. The molecule has 88 valence electrons. The summed E-state index contributed by atoms with van der Waals surface area (Å²) in [7, 11) is 2.93. The third-order valence-corrected chi connectivity index (χ3v) is 3.23. The Kier molecular flexibility index (Phi) is 3.81. The van der Waals surface area contributed by atoms with Crippen molar-refractivity contribution in [2.75, 3.05) is 14.2 Å². The van der Waals surface area contributed by atoms with Crippen LogP contribution in [0.4, 0.5) is 0 Å². The van der Waals surface area contributed by atoms with E-state index in [2.05, 4.69) is 0 Å². The molecule has 0 radical (unpaired) electrons.